The van der Waals surface area contributed by atoms with E-state index < -0.39 is 11.6 Å². The average molecular weight is 268 g/mol. The summed E-state index contributed by atoms with van der Waals surface area (Å²) in [5.41, 5.74) is 6.16. The molecule has 0 spiro atoms. The molecule has 2 N–H and O–H groups in total. The van der Waals surface area contributed by atoms with Gasteiger partial charge in [-0.1, -0.05) is 6.07 Å². The monoisotopic (exact) mass is 268 g/mol. The number of hydrogen-bond donors (Lipinski definition) is 1. The molecule has 5 heteroatoms. The first-order valence-corrected chi connectivity index (χ1v) is 6.55. The van der Waals surface area contributed by atoms with E-state index in [4.69, 9.17) is 5.73 Å². The lowest BCUT2D eigenvalue weighted by Gasteiger charge is -2.35. The maximum atomic E-state index is 13.1. The molecule has 0 saturated carbocycles. The van der Waals surface area contributed by atoms with Gasteiger partial charge >= 0.3 is 0 Å². The molecule has 1 atom stereocenters. The van der Waals surface area contributed by atoms with E-state index in [1.807, 2.05) is 0 Å². The van der Waals surface area contributed by atoms with Crippen molar-refractivity contribution in [2.24, 2.45) is 5.73 Å². The lowest BCUT2D eigenvalue weighted by atomic mass is 10.0. The second-order valence-electron chi connectivity index (χ2n) is 4.90. The van der Waals surface area contributed by atoms with Crippen molar-refractivity contribution in [3.05, 3.63) is 35.4 Å². The number of likely N-dealkylation sites (tertiary alicyclic amines) is 1. The zero-order valence-corrected chi connectivity index (χ0v) is 10.7. The molecule has 0 aromatic heterocycles. The molecule has 1 saturated heterocycles. The van der Waals surface area contributed by atoms with Gasteiger partial charge < -0.3 is 10.6 Å². The second kappa shape index (κ2) is 6.10. The summed E-state index contributed by atoms with van der Waals surface area (Å²) in [7, 11) is 0. The molecule has 1 aromatic rings. The third-order valence-electron chi connectivity index (χ3n) is 3.56. The molecule has 104 valence electrons. The van der Waals surface area contributed by atoms with E-state index in [9.17, 15) is 13.6 Å². The van der Waals surface area contributed by atoms with Crippen molar-refractivity contribution in [1.29, 1.82) is 0 Å². The van der Waals surface area contributed by atoms with E-state index in [-0.39, 0.29) is 18.4 Å². The van der Waals surface area contributed by atoms with E-state index in [0.717, 1.165) is 31.4 Å². The summed E-state index contributed by atoms with van der Waals surface area (Å²) in [6, 6.07) is 3.65. The molecule has 1 unspecified atom stereocenters. The Labute approximate surface area is 111 Å². The van der Waals surface area contributed by atoms with Crippen molar-refractivity contribution in [2.45, 2.75) is 31.7 Å². The molecular weight excluding hydrogens is 250 g/mol. The van der Waals surface area contributed by atoms with Crippen molar-refractivity contribution < 1.29 is 13.6 Å². The van der Waals surface area contributed by atoms with E-state index in [1.165, 1.54) is 6.07 Å². The summed E-state index contributed by atoms with van der Waals surface area (Å²) in [4.78, 5) is 14.0. The van der Waals surface area contributed by atoms with Crippen molar-refractivity contribution >= 4 is 5.91 Å². The first-order chi connectivity index (χ1) is 9.11. The number of carbonyl (C=O) groups is 1. The van der Waals surface area contributed by atoms with Gasteiger partial charge in [0, 0.05) is 19.1 Å². The fourth-order valence-corrected chi connectivity index (χ4v) is 2.50. The number of benzene rings is 1. The minimum absolute atomic E-state index is 0.0684. The number of carbonyl (C=O) groups excluding carboxylic acids is 1. The minimum atomic E-state index is -0.917. The summed E-state index contributed by atoms with van der Waals surface area (Å²) in [6.07, 6.45) is 3.06. The van der Waals surface area contributed by atoms with Crippen LogP contribution in [0.15, 0.2) is 18.2 Å². The summed E-state index contributed by atoms with van der Waals surface area (Å²) in [5.74, 6) is -1.88. The van der Waals surface area contributed by atoms with E-state index >= 15 is 0 Å². The molecular formula is C14H18F2N2O. The van der Waals surface area contributed by atoms with E-state index in [2.05, 4.69) is 0 Å². The van der Waals surface area contributed by atoms with E-state index in [0.29, 0.717) is 18.7 Å². The number of piperidine rings is 1. The third-order valence-corrected chi connectivity index (χ3v) is 3.56. The molecule has 0 radical (unpaired) electrons. The Morgan fingerprint density at radius 2 is 2.11 bits per heavy atom. The van der Waals surface area contributed by atoms with Crippen molar-refractivity contribution in [1.82, 2.24) is 4.90 Å². The quantitative estimate of drug-likeness (QED) is 0.909. The van der Waals surface area contributed by atoms with Crippen LogP contribution >= 0.6 is 0 Å². The van der Waals surface area contributed by atoms with Crippen molar-refractivity contribution in [3.8, 4) is 0 Å². The Balaban J connectivity index is 2.05. The van der Waals surface area contributed by atoms with Crippen LogP contribution in [0.25, 0.3) is 0 Å². The lowest BCUT2D eigenvalue weighted by Crippen LogP contribution is -2.48. The number of amides is 1. The predicted molar refractivity (Wildman–Crippen MR) is 68.5 cm³/mol. The van der Waals surface area contributed by atoms with Crippen LogP contribution in [-0.4, -0.2) is 29.9 Å². The number of nitrogens with two attached hydrogens (primary N) is 1. The van der Waals surface area contributed by atoms with Gasteiger partial charge in [-0.05, 0) is 37.0 Å². The van der Waals surface area contributed by atoms with Crippen LogP contribution in [0.1, 0.15) is 24.8 Å². The number of halogens is 2. The largest absolute Gasteiger partial charge is 0.338 e. The molecule has 1 aliphatic rings. The summed E-state index contributed by atoms with van der Waals surface area (Å²) < 4.78 is 25.9. The Morgan fingerprint density at radius 3 is 2.79 bits per heavy atom. The normalized spacial score (nSPS) is 19.5. The molecule has 2 rings (SSSR count). The highest BCUT2D eigenvalue weighted by Crippen LogP contribution is 2.18. The van der Waals surface area contributed by atoms with Gasteiger partial charge in [-0.15, -0.1) is 0 Å². The van der Waals surface area contributed by atoms with Crippen molar-refractivity contribution in [3.63, 3.8) is 0 Å². The second-order valence-corrected chi connectivity index (χ2v) is 4.90. The zero-order valence-electron chi connectivity index (χ0n) is 10.7. The fourth-order valence-electron chi connectivity index (χ4n) is 2.50. The Hall–Kier alpha value is -1.49. The van der Waals surface area contributed by atoms with Gasteiger partial charge in [0.2, 0.25) is 5.91 Å². The van der Waals surface area contributed by atoms with Crippen LogP contribution < -0.4 is 5.73 Å². The fraction of sp³-hybridized carbons (Fsp3) is 0.500. The molecule has 1 aromatic carbocycles. The average Bonchev–Trinajstić information content (AvgIpc) is 2.43. The molecule has 1 fully saturated rings. The zero-order chi connectivity index (χ0) is 13.8. The Morgan fingerprint density at radius 1 is 1.32 bits per heavy atom. The van der Waals surface area contributed by atoms with Gasteiger partial charge in [0.15, 0.2) is 11.6 Å². The van der Waals surface area contributed by atoms with Crippen LogP contribution in [-0.2, 0) is 11.2 Å². The molecule has 19 heavy (non-hydrogen) atoms. The topological polar surface area (TPSA) is 46.3 Å². The van der Waals surface area contributed by atoms with Gasteiger partial charge in [-0.3, -0.25) is 4.79 Å². The molecule has 0 aliphatic carbocycles. The maximum absolute atomic E-state index is 13.1. The molecule has 0 bridgehead atoms. The Kier molecular flexibility index (Phi) is 4.47. The van der Waals surface area contributed by atoms with Crippen LogP contribution in [0.2, 0.25) is 0 Å². The SMILES string of the molecule is NCC1CCCCN1C(=O)Cc1ccc(F)c(F)c1. The van der Waals surface area contributed by atoms with Crippen LogP contribution in [0, 0.1) is 11.6 Å². The first kappa shape index (κ1) is 13.9. The van der Waals surface area contributed by atoms with Crippen LogP contribution in [0.5, 0.6) is 0 Å². The van der Waals surface area contributed by atoms with Gasteiger partial charge in [-0.2, -0.15) is 0 Å². The van der Waals surface area contributed by atoms with Crippen LogP contribution in [0.4, 0.5) is 8.78 Å². The standard InChI is InChI=1S/C14H18F2N2O/c15-12-5-4-10(7-13(12)16)8-14(19)18-6-2-1-3-11(18)9-17/h4-5,7,11H,1-3,6,8-9,17H2. The molecule has 1 amide bonds. The van der Waals surface area contributed by atoms with Crippen LogP contribution in [0.3, 0.4) is 0 Å². The number of rotatable bonds is 3. The highest BCUT2D eigenvalue weighted by molar-refractivity contribution is 5.79. The molecule has 1 aliphatic heterocycles. The number of nitrogens with zero attached hydrogens (tertiary/aromatic N) is 1. The van der Waals surface area contributed by atoms with Gasteiger partial charge in [0.25, 0.3) is 0 Å². The first-order valence-electron chi connectivity index (χ1n) is 6.55. The van der Waals surface area contributed by atoms with Crippen molar-refractivity contribution in [2.75, 3.05) is 13.1 Å². The van der Waals surface area contributed by atoms with Gasteiger partial charge in [-0.25, -0.2) is 8.78 Å². The third kappa shape index (κ3) is 3.29. The minimum Gasteiger partial charge on any atom is -0.338 e. The maximum Gasteiger partial charge on any atom is 0.227 e. The summed E-state index contributed by atoms with van der Waals surface area (Å²) in [6.45, 7) is 1.15. The highest BCUT2D eigenvalue weighted by Gasteiger charge is 2.25. The van der Waals surface area contributed by atoms with Gasteiger partial charge in [0.1, 0.15) is 0 Å². The summed E-state index contributed by atoms with van der Waals surface area (Å²) >= 11 is 0. The van der Waals surface area contributed by atoms with E-state index in [1.54, 1.807) is 4.90 Å². The highest BCUT2D eigenvalue weighted by atomic mass is 19.2. The summed E-state index contributed by atoms with van der Waals surface area (Å²) in [5, 5.41) is 0. The number of hydrogen-bond acceptors (Lipinski definition) is 2. The molecule has 1 heterocycles. The Bertz CT molecular complexity index is 465. The van der Waals surface area contributed by atoms with Gasteiger partial charge in [0.05, 0.1) is 6.42 Å². The smallest absolute Gasteiger partial charge is 0.227 e. The lowest BCUT2D eigenvalue weighted by molar-refractivity contribution is -0.133. The predicted octanol–water partition coefficient (Wildman–Crippen LogP) is 1.85. The molecule has 3 nitrogen and oxygen atoms in total.